The van der Waals surface area contributed by atoms with Gasteiger partial charge in [-0.1, -0.05) is 17.7 Å². The number of hydrogen-bond donors (Lipinski definition) is 2. The molecule has 24 heavy (non-hydrogen) atoms. The zero-order chi connectivity index (χ0) is 17.7. The Balaban J connectivity index is 2.03. The second-order valence-corrected chi connectivity index (χ2v) is 6.06. The van der Waals surface area contributed by atoms with E-state index < -0.39 is 0 Å². The number of urea groups is 1. The fourth-order valence-corrected chi connectivity index (χ4v) is 2.39. The summed E-state index contributed by atoms with van der Waals surface area (Å²) in [7, 11) is 0. The maximum Gasteiger partial charge on any atom is 0.319 e. The van der Waals surface area contributed by atoms with Gasteiger partial charge in [0.1, 0.15) is 5.82 Å². The lowest BCUT2D eigenvalue weighted by Crippen LogP contribution is -2.29. The van der Waals surface area contributed by atoms with Gasteiger partial charge in [0.05, 0.1) is 23.4 Å². The van der Waals surface area contributed by atoms with E-state index in [0.717, 1.165) is 11.4 Å². The minimum atomic E-state index is -0.381. The van der Waals surface area contributed by atoms with Crippen molar-refractivity contribution in [3.8, 4) is 5.75 Å². The molecule has 0 unspecified atom stereocenters. The van der Waals surface area contributed by atoms with Gasteiger partial charge >= 0.3 is 6.03 Å². The monoisotopic (exact) mass is 348 g/mol. The fourth-order valence-electron chi connectivity index (χ4n) is 2.17. The van der Waals surface area contributed by atoms with Crippen molar-refractivity contribution in [3.05, 3.63) is 46.5 Å². The van der Waals surface area contributed by atoms with Crippen molar-refractivity contribution in [2.45, 2.75) is 40.3 Å². The molecule has 6 nitrogen and oxygen atoms in total. The molecule has 0 saturated heterocycles. The van der Waals surface area contributed by atoms with E-state index in [1.807, 2.05) is 33.8 Å². The van der Waals surface area contributed by atoms with Crippen molar-refractivity contribution < 1.29 is 9.53 Å². The normalized spacial score (nSPS) is 10.6. The second kappa shape index (κ2) is 7.97. The number of hydrogen-bond acceptors (Lipinski definition) is 4. The number of rotatable bonds is 5. The molecule has 1 aromatic heterocycles. The maximum atomic E-state index is 12.1. The number of benzene rings is 1. The standard InChI is InChI=1S/C17H21ClN4O2/c1-10(2)24-16-13(18)6-5-7-14(16)22-17(23)19-9-15-20-11(3)8-12(4)21-15/h5-8,10H,9H2,1-4H3,(H2,19,22,23). The SMILES string of the molecule is Cc1cc(C)nc(CNC(=O)Nc2cccc(Cl)c2OC(C)C)n1. The van der Waals surface area contributed by atoms with Crippen LogP contribution in [0.15, 0.2) is 24.3 Å². The molecule has 2 N–H and O–H groups in total. The van der Waals surface area contributed by atoms with E-state index >= 15 is 0 Å². The van der Waals surface area contributed by atoms with Crippen molar-refractivity contribution in [2.75, 3.05) is 5.32 Å². The predicted octanol–water partition coefficient (Wildman–Crippen LogP) is 3.86. The Morgan fingerprint density at radius 3 is 2.54 bits per heavy atom. The summed E-state index contributed by atoms with van der Waals surface area (Å²) >= 11 is 6.15. The van der Waals surface area contributed by atoms with Gasteiger partial charge < -0.3 is 15.4 Å². The van der Waals surface area contributed by atoms with E-state index in [9.17, 15) is 4.79 Å². The first-order valence-electron chi connectivity index (χ1n) is 7.66. The van der Waals surface area contributed by atoms with Crippen LogP contribution in [0.5, 0.6) is 5.75 Å². The number of aryl methyl sites for hydroxylation is 2. The maximum absolute atomic E-state index is 12.1. The fraction of sp³-hybridized carbons (Fsp3) is 0.353. The van der Waals surface area contributed by atoms with E-state index in [0.29, 0.717) is 22.3 Å². The third-order valence-corrected chi connectivity index (χ3v) is 3.30. The molecule has 0 aliphatic carbocycles. The molecule has 0 radical (unpaired) electrons. The highest BCUT2D eigenvalue weighted by molar-refractivity contribution is 6.32. The Morgan fingerprint density at radius 2 is 1.92 bits per heavy atom. The number of nitrogens with zero attached hydrogens (tertiary/aromatic N) is 2. The molecule has 0 fully saturated rings. The molecule has 2 amide bonds. The van der Waals surface area contributed by atoms with Gasteiger partial charge in [-0.2, -0.15) is 0 Å². The van der Waals surface area contributed by atoms with Crippen LogP contribution in [0.1, 0.15) is 31.1 Å². The summed E-state index contributed by atoms with van der Waals surface area (Å²) in [6.45, 7) is 7.80. The summed E-state index contributed by atoms with van der Waals surface area (Å²) < 4.78 is 5.67. The minimum absolute atomic E-state index is 0.0582. The summed E-state index contributed by atoms with van der Waals surface area (Å²) in [4.78, 5) is 20.7. The highest BCUT2D eigenvalue weighted by Gasteiger charge is 2.13. The number of carbonyl (C=O) groups excluding carboxylic acids is 1. The molecule has 2 aromatic rings. The summed E-state index contributed by atoms with van der Waals surface area (Å²) in [6, 6.07) is 6.69. The molecule has 0 atom stereocenters. The number of ether oxygens (including phenoxy) is 1. The van der Waals surface area contributed by atoms with Crippen molar-refractivity contribution in [3.63, 3.8) is 0 Å². The van der Waals surface area contributed by atoms with E-state index in [-0.39, 0.29) is 18.7 Å². The first-order chi connectivity index (χ1) is 11.3. The Kier molecular flexibility index (Phi) is 5.98. The number of halogens is 1. The molecule has 2 rings (SSSR count). The highest BCUT2D eigenvalue weighted by atomic mass is 35.5. The third-order valence-electron chi connectivity index (χ3n) is 3.00. The van der Waals surface area contributed by atoms with Gasteiger partial charge in [0.25, 0.3) is 0 Å². The van der Waals surface area contributed by atoms with Crippen molar-refractivity contribution in [1.82, 2.24) is 15.3 Å². The average Bonchev–Trinajstić information content (AvgIpc) is 2.47. The molecule has 0 spiro atoms. The molecule has 7 heteroatoms. The number of anilines is 1. The van der Waals surface area contributed by atoms with E-state index in [1.165, 1.54) is 0 Å². The summed E-state index contributed by atoms with van der Waals surface area (Å²) in [5.41, 5.74) is 2.24. The van der Waals surface area contributed by atoms with Crippen LogP contribution in [0.3, 0.4) is 0 Å². The molecular weight excluding hydrogens is 328 g/mol. The summed E-state index contributed by atoms with van der Waals surface area (Å²) in [5, 5.41) is 5.91. The molecular formula is C17H21ClN4O2. The molecule has 1 heterocycles. The third kappa shape index (κ3) is 5.09. The van der Waals surface area contributed by atoms with Gasteiger partial charge in [0.15, 0.2) is 5.75 Å². The molecule has 1 aromatic carbocycles. The molecule has 128 valence electrons. The lowest BCUT2D eigenvalue weighted by atomic mass is 10.3. The Labute approximate surface area is 146 Å². The van der Waals surface area contributed by atoms with Gasteiger partial charge in [0.2, 0.25) is 0 Å². The average molecular weight is 349 g/mol. The van der Waals surface area contributed by atoms with Crippen LogP contribution in [-0.2, 0) is 6.54 Å². The second-order valence-electron chi connectivity index (χ2n) is 5.66. The van der Waals surface area contributed by atoms with Gasteiger partial charge in [-0.15, -0.1) is 0 Å². The molecule has 0 aliphatic heterocycles. The Morgan fingerprint density at radius 1 is 1.25 bits per heavy atom. The van der Waals surface area contributed by atoms with Gasteiger partial charge in [-0.3, -0.25) is 0 Å². The molecule has 0 bridgehead atoms. The summed E-state index contributed by atoms with van der Waals surface area (Å²) in [6.07, 6.45) is -0.0582. The van der Waals surface area contributed by atoms with E-state index in [4.69, 9.17) is 16.3 Å². The minimum Gasteiger partial charge on any atom is -0.487 e. The van der Waals surface area contributed by atoms with Crippen LogP contribution >= 0.6 is 11.6 Å². The Bertz CT molecular complexity index is 714. The number of carbonyl (C=O) groups is 1. The number of nitrogens with one attached hydrogen (secondary N) is 2. The zero-order valence-electron chi connectivity index (χ0n) is 14.2. The number of aromatic nitrogens is 2. The number of para-hydroxylation sites is 1. The molecule has 0 aliphatic rings. The summed E-state index contributed by atoms with van der Waals surface area (Å²) in [5.74, 6) is 1.01. The zero-order valence-corrected chi connectivity index (χ0v) is 14.9. The largest absolute Gasteiger partial charge is 0.487 e. The van der Waals surface area contributed by atoms with Crippen LogP contribution in [0, 0.1) is 13.8 Å². The van der Waals surface area contributed by atoms with Crippen molar-refractivity contribution in [2.24, 2.45) is 0 Å². The van der Waals surface area contributed by atoms with Crippen LogP contribution in [-0.4, -0.2) is 22.1 Å². The topological polar surface area (TPSA) is 76.1 Å². The van der Waals surface area contributed by atoms with Crippen LogP contribution in [0.4, 0.5) is 10.5 Å². The Hall–Kier alpha value is -2.34. The first-order valence-corrected chi connectivity index (χ1v) is 8.04. The van der Waals surface area contributed by atoms with Crippen molar-refractivity contribution in [1.29, 1.82) is 0 Å². The quantitative estimate of drug-likeness (QED) is 0.860. The van der Waals surface area contributed by atoms with Crippen LogP contribution in [0.25, 0.3) is 0 Å². The first kappa shape index (κ1) is 18.0. The van der Waals surface area contributed by atoms with E-state index in [1.54, 1.807) is 18.2 Å². The highest BCUT2D eigenvalue weighted by Crippen LogP contribution is 2.33. The molecule has 0 saturated carbocycles. The number of amides is 2. The van der Waals surface area contributed by atoms with Gasteiger partial charge in [-0.05, 0) is 45.9 Å². The predicted molar refractivity (Wildman–Crippen MR) is 94.6 cm³/mol. The van der Waals surface area contributed by atoms with E-state index in [2.05, 4.69) is 20.6 Å². The smallest absolute Gasteiger partial charge is 0.319 e. The lowest BCUT2D eigenvalue weighted by molar-refractivity contribution is 0.241. The van der Waals surface area contributed by atoms with Crippen molar-refractivity contribution >= 4 is 23.3 Å². The van der Waals surface area contributed by atoms with Gasteiger partial charge in [-0.25, -0.2) is 14.8 Å². The lowest BCUT2D eigenvalue weighted by Gasteiger charge is -2.16. The van der Waals surface area contributed by atoms with Gasteiger partial charge in [0, 0.05) is 11.4 Å². The van der Waals surface area contributed by atoms with Crippen LogP contribution < -0.4 is 15.4 Å². The van der Waals surface area contributed by atoms with Crippen LogP contribution in [0.2, 0.25) is 5.02 Å².